The third-order valence-corrected chi connectivity index (χ3v) is 7.54. The Kier molecular flexibility index (Phi) is 7.39. The number of ether oxygens (including phenoxy) is 6. The summed E-state index contributed by atoms with van der Waals surface area (Å²) >= 11 is 0. The van der Waals surface area contributed by atoms with Gasteiger partial charge in [0.15, 0.2) is 11.4 Å². The number of anilines is 1. The number of aromatic nitrogens is 3. The van der Waals surface area contributed by atoms with E-state index in [1.807, 2.05) is 23.1 Å². The van der Waals surface area contributed by atoms with Gasteiger partial charge in [0.25, 0.3) is 11.8 Å². The van der Waals surface area contributed by atoms with Crippen molar-refractivity contribution in [2.24, 2.45) is 5.41 Å². The van der Waals surface area contributed by atoms with Crippen molar-refractivity contribution in [2.45, 2.75) is 25.5 Å². The lowest BCUT2D eigenvalue weighted by atomic mass is 9.90. The number of hydrogen-bond acceptors (Lipinski definition) is 10. The third kappa shape index (κ3) is 5.26. The Morgan fingerprint density at radius 1 is 1.20 bits per heavy atom. The molecule has 5 heterocycles. The minimum Gasteiger partial charge on any atom is -0.497 e. The SMILES string of the molecule is COCCO[C@@H]1C[C@H]2COc3nc4c(cnn4cc3OCC3(C)COC3)-c3cc(cc(OC)c3)NCCN2C1=O. The number of methoxy groups -OCH3 is 2. The first-order valence-corrected chi connectivity index (χ1v) is 13.5. The van der Waals surface area contributed by atoms with Gasteiger partial charge in [-0.15, -0.1) is 0 Å². The first-order chi connectivity index (χ1) is 19.5. The van der Waals surface area contributed by atoms with Crippen LogP contribution in [0, 0.1) is 5.41 Å². The van der Waals surface area contributed by atoms with E-state index in [1.165, 1.54) is 0 Å². The van der Waals surface area contributed by atoms with Crippen molar-refractivity contribution in [3.8, 4) is 28.5 Å². The highest BCUT2D eigenvalue weighted by molar-refractivity contribution is 5.84. The van der Waals surface area contributed by atoms with Crippen LogP contribution in [0.4, 0.5) is 5.69 Å². The Labute approximate surface area is 232 Å². The quantitative estimate of drug-likeness (QED) is 0.416. The Morgan fingerprint density at radius 3 is 2.85 bits per heavy atom. The van der Waals surface area contributed by atoms with Gasteiger partial charge in [0, 0.05) is 49.4 Å². The molecule has 1 aromatic carbocycles. The molecule has 1 amide bonds. The average Bonchev–Trinajstić information content (AvgIpc) is 3.49. The zero-order valence-electron chi connectivity index (χ0n) is 23.1. The fourth-order valence-corrected chi connectivity index (χ4v) is 5.25. The fraction of sp³-hybridized carbons (Fsp3) is 0.536. The highest BCUT2D eigenvalue weighted by Gasteiger charge is 2.41. The number of rotatable bonds is 8. The van der Waals surface area contributed by atoms with E-state index in [0.29, 0.717) is 75.6 Å². The first kappa shape index (κ1) is 26.6. The Hall–Kier alpha value is -3.61. The maximum absolute atomic E-state index is 13.3. The Balaban J connectivity index is 1.37. The molecule has 3 aliphatic heterocycles. The molecule has 0 aliphatic carbocycles. The monoisotopic (exact) mass is 553 g/mol. The van der Waals surface area contributed by atoms with E-state index in [0.717, 1.165) is 16.8 Å². The van der Waals surface area contributed by atoms with E-state index >= 15 is 0 Å². The van der Waals surface area contributed by atoms with Crippen LogP contribution in [0.2, 0.25) is 0 Å². The van der Waals surface area contributed by atoms with Gasteiger partial charge in [0.1, 0.15) is 18.5 Å². The van der Waals surface area contributed by atoms with E-state index in [-0.39, 0.29) is 24.0 Å². The maximum Gasteiger partial charge on any atom is 0.260 e. The molecule has 40 heavy (non-hydrogen) atoms. The normalized spacial score (nSPS) is 21.8. The summed E-state index contributed by atoms with van der Waals surface area (Å²) in [5.41, 5.74) is 3.15. The van der Waals surface area contributed by atoms with Gasteiger partial charge in [-0.1, -0.05) is 6.92 Å². The summed E-state index contributed by atoms with van der Waals surface area (Å²) in [7, 11) is 3.24. The molecule has 0 unspecified atom stereocenters. The van der Waals surface area contributed by atoms with E-state index < -0.39 is 6.10 Å². The van der Waals surface area contributed by atoms with Crippen molar-refractivity contribution in [1.82, 2.24) is 19.5 Å². The predicted octanol–water partition coefficient (Wildman–Crippen LogP) is 2.26. The summed E-state index contributed by atoms with van der Waals surface area (Å²) in [6.45, 7) is 5.90. The molecule has 3 aromatic rings. The number of nitrogens with zero attached hydrogens (tertiary/aromatic N) is 4. The second kappa shape index (κ2) is 11.1. The molecule has 1 N–H and O–H groups in total. The molecule has 2 saturated heterocycles. The molecule has 0 radical (unpaired) electrons. The van der Waals surface area contributed by atoms with Crippen molar-refractivity contribution in [2.75, 3.05) is 72.3 Å². The highest BCUT2D eigenvalue weighted by Crippen LogP contribution is 2.36. The van der Waals surface area contributed by atoms with Crippen LogP contribution in [-0.2, 0) is 19.0 Å². The number of fused-ring (bicyclic) bond motifs is 5. The third-order valence-electron chi connectivity index (χ3n) is 7.54. The van der Waals surface area contributed by atoms with Gasteiger partial charge in [0.05, 0.1) is 58.6 Å². The van der Waals surface area contributed by atoms with Crippen LogP contribution < -0.4 is 19.5 Å². The molecule has 2 fully saturated rings. The lowest BCUT2D eigenvalue weighted by Crippen LogP contribution is -2.44. The Bertz CT molecular complexity index is 1370. The number of hydrogen-bond donors (Lipinski definition) is 1. The number of carbonyl (C=O) groups excluding carboxylic acids is 1. The molecular formula is C28H35N5O7. The van der Waals surface area contributed by atoms with Gasteiger partial charge in [-0.3, -0.25) is 4.79 Å². The van der Waals surface area contributed by atoms with Gasteiger partial charge in [-0.25, -0.2) is 4.52 Å². The van der Waals surface area contributed by atoms with Crippen LogP contribution in [-0.4, -0.2) is 105 Å². The summed E-state index contributed by atoms with van der Waals surface area (Å²) < 4.78 is 36.2. The van der Waals surface area contributed by atoms with E-state index in [2.05, 4.69) is 17.3 Å². The number of nitrogens with one attached hydrogen (secondary N) is 1. The molecule has 0 saturated carbocycles. The van der Waals surface area contributed by atoms with Crippen molar-refractivity contribution >= 4 is 17.2 Å². The summed E-state index contributed by atoms with van der Waals surface area (Å²) in [5.74, 6) is 1.48. The van der Waals surface area contributed by atoms with Crippen molar-refractivity contribution in [3.63, 3.8) is 0 Å². The fourth-order valence-electron chi connectivity index (χ4n) is 5.25. The topological polar surface area (TPSA) is 118 Å². The standard InChI is InChI=1S/C28H35N5O7/c1-28(15-37-16-28)17-40-24-13-33-25-22(12-30-33)18-8-19(10-21(9-18)36-3)29-4-5-32-20(14-39-26(24)31-25)11-23(27(32)34)38-7-6-35-2/h8-10,12-13,20,23,29H,4-7,11,14-17H2,1-3H3/t20-,23+/m0/s1. The maximum atomic E-state index is 13.3. The molecular weight excluding hydrogens is 518 g/mol. The van der Waals surface area contributed by atoms with Crippen LogP contribution in [0.15, 0.2) is 30.6 Å². The van der Waals surface area contributed by atoms with E-state index in [9.17, 15) is 4.79 Å². The van der Waals surface area contributed by atoms with Crippen LogP contribution in [0.1, 0.15) is 13.3 Å². The molecule has 2 aromatic heterocycles. The van der Waals surface area contributed by atoms with Crippen molar-refractivity contribution in [3.05, 3.63) is 30.6 Å². The molecule has 4 bridgehead atoms. The van der Waals surface area contributed by atoms with Crippen LogP contribution in [0.5, 0.6) is 17.4 Å². The number of benzene rings is 1. The second-order valence-electron chi connectivity index (χ2n) is 10.8. The lowest BCUT2D eigenvalue weighted by Gasteiger charge is -2.37. The lowest BCUT2D eigenvalue weighted by molar-refractivity contribution is -0.138. The van der Waals surface area contributed by atoms with Crippen molar-refractivity contribution < 1.29 is 33.2 Å². The van der Waals surface area contributed by atoms with Gasteiger partial charge >= 0.3 is 0 Å². The molecule has 3 aliphatic rings. The van der Waals surface area contributed by atoms with Crippen LogP contribution in [0.25, 0.3) is 16.8 Å². The smallest absolute Gasteiger partial charge is 0.260 e. The molecule has 6 rings (SSSR count). The van der Waals surface area contributed by atoms with Crippen LogP contribution in [0.3, 0.4) is 0 Å². The van der Waals surface area contributed by atoms with Crippen LogP contribution >= 0.6 is 0 Å². The molecule has 214 valence electrons. The minimum absolute atomic E-state index is 0.0548. The van der Waals surface area contributed by atoms with Gasteiger partial charge in [-0.2, -0.15) is 10.1 Å². The molecule has 12 nitrogen and oxygen atoms in total. The molecule has 0 spiro atoms. The van der Waals surface area contributed by atoms with Gasteiger partial charge < -0.3 is 38.6 Å². The summed E-state index contributed by atoms with van der Waals surface area (Å²) in [4.78, 5) is 20.0. The summed E-state index contributed by atoms with van der Waals surface area (Å²) in [6, 6.07) is 5.70. The van der Waals surface area contributed by atoms with Gasteiger partial charge in [-0.05, 0) is 17.7 Å². The predicted molar refractivity (Wildman–Crippen MR) is 145 cm³/mol. The average molecular weight is 554 g/mol. The zero-order valence-corrected chi connectivity index (χ0v) is 23.1. The minimum atomic E-state index is -0.547. The van der Waals surface area contributed by atoms with E-state index in [4.69, 9.17) is 33.4 Å². The second-order valence-corrected chi connectivity index (χ2v) is 10.8. The Morgan fingerprint density at radius 2 is 2.08 bits per heavy atom. The van der Waals surface area contributed by atoms with E-state index in [1.54, 1.807) is 31.1 Å². The zero-order chi connectivity index (χ0) is 27.7. The number of carbonyl (C=O) groups is 1. The highest BCUT2D eigenvalue weighted by atomic mass is 16.5. The van der Waals surface area contributed by atoms with Crippen molar-refractivity contribution in [1.29, 1.82) is 0 Å². The van der Waals surface area contributed by atoms with Gasteiger partial charge in [0.2, 0.25) is 0 Å². The summed E-state index contributed by atoms with van der Waals surface area (Å²) in [6.07, 6.45) is 3.54. The molecule has 12 heteroatoms. The molecule has 2 atom stereocenters. The number of amides is 1. The summed E-state index contributed by atoms with van der Waals surface area (Å²) in [5, 5.41) is 8.00. The first-order valence-electron chi connectivity index (χ1n) is 13.5. The largest absolute Gasteiger partial charge is 0.497 e.